The number of ether oxygens (including phenoxy) is 2. The van der Waals surface area contributed by atoms with Crippen LogP contribution in [0.25, 0.3) is 0 Å². The standard InChI is InChI=1S/C10H13BrO2/c1-7(2)13-10-5-4-8(12-3)6-9(10)11/h4-7H,1-3H3. The molecule has 0 saturated carbocycles. The lowest BCUT2D eigenvalue weighted by atomic mass is 10.3. The maximum atomic E-state index is 5.54. The van der Waals surface area contributed by atoms with Gasteiger partial charge in [0.25, 0.3) is 0 Å². The first-order chi connectivity index (χ1) is 6.13. The minimum atomic E-state index is 0.185. The fourth-order valence-electron chi connectivity index (χ4n) is 0.958. The Balaban J connectivity index is 2.85. The van der Waals surface area contributed by atoms with Gasteiger partial charge in [-0.05, 0) is 48.0 Å². The summed E-state index contributed by atoms with van der Waals surface area (Å²) in [5.41, 5.74) is 0. The van der Waals surface area contributed by atoms with Gasteiger partial charge in [-0.3, -0.25) is 0 Å². The summed E-state index contributed by atoms with van der Waals surface area (Å²) < 4.78 is 11.5. The molecule has 0 spiro atoms. The first kappa shape index (κ1) is 10.4. The van der Waals surface area contributed by atoms with Crippen LogP contribution < -0.4 is 9.47 Å². The predicted octanol–water partition coefficient (Wildman–Crippen LogP) is 3.24. The van der Waals surface area contributed by atoms with Gasteiger partial charge in [0.15, 0.2) is 0 Å². The lowest BCUT2D eigenvalue weighted by molar-refractivity contribution is 0.240. The highest BCUT2D eigenvalue weighted by Crippen LogP contribution is 2.29. The van der Waals surface area contributed by atoms with Crippen LogP contribution in [0.15, 0.2) is 22.7 Å². The minimum absolute atomic E-state index is 0.185. The summed E-state index contributed by atoms with van der Waals surface area (Å²) in [5.74, 6) is 1.67. The summed E-state index contributed by atoms with van der Waals surface area (Å²) in [7, 11) is 1.64. The number of halogens is 1. The molecule has 0 saturated heterocycles. The van der Waals surface area contributed by atoms with Crippen LogP contribution in [0.1, 0.15) is 13.8 Å². The molecule has 1 rings (SSSR count). The zero-order chi connectivity index (χ0) is 9.84. The zero-order valence-electron chi connectivity index (χ0n) is 8.00. The highest BCUT2D eigenvalue weighted by atomic mass is 79.9. The molecule has 72 valence electrons. The molecule has 1 aromatic rings. The highest BCUT2D eigenvalue weighted by Gasteiger charge is 2.04. The molecule has 0 unspecified atom stereocenters. The Hall–Kier alpha value is -0.700. The van der Waals surface area contributed by atoms with Crippen molar-refractivity contribution in [3.63, 3.8) is 0 Å². The van der Waals surface area contributed by atoms with E-state index in [0.717, 1.165) is 16.0 Å². The first-order valence-electron chi connectivity index (χ1n) is 4.13. The van der Waals surface area contributed by atoms with Crippen molar-refractivity contribution in [2.24, 2.45) is 0 Å². The lowest BCUT2D eigenvalue weighted by Crippen LogP contribution is -2.05. The van der Waals surface area contributed by atoms with Crippen molar-refractivity contribution in [2.45, 2.75) is 20.0 Å². The van der Waals surface area contributed by atoms with E-state index in [1.807, 2.05) is 32.0 Å². The second-order valence-corrected chi connectivity index (χ2v) is 3.82. The lowest BCUT2D eigenvalue weighted by Gasteiger charge is -2.11. The SMILES string of the molecule is COc1ccc(OC(C)C)c(Br)c1. The predicted molar refractivity (Wildman–Crippen MR) is 56.5 cm³/mol. The molecule has 0 atom stereocenters. The van der Waals surface area contributed by atoms with Crippen LogP contribution in [-0.2, 0) is 0 Å². The van der Waals surface area contributed by atoms with Gasteiger partial charge in [0.1, 0.15) is 11.5 Å². The molecule has 1 aromatic carbocycles. The van der Waals surface area contributed by atoms with Crippen molar-refractivity contribution in [2.75, 3.05) is 7.11 Å². The van der Waals surface area contributed by atoms with E-state index >= 15 is 0 Å². The highest BCUT2D eigenvalue weighted by molar-refractivity contribution is 9.10. The van der Waals surface area contributed by atoms with E-state index in [0.29, 0.717) is 0 Å². The normalized spacial score (nSPS) is 10.2. The fourth-order valence-corrected chi connectivity index (χ4v) is 1.41. The van der Waals surface area contributed by atoms with E-state index in [-0.39, 0.29) is 6.10 Å². The van der Waals surface area contributed by atoms with Crippen molar-refractivity contribution in [3.8, 4) is 11.5 Å². The van der Waals surface area contributed by atoms with E-state index < -0.39 is 0 Å². The second-order valence-electron chi connectivity index (χ2n) is 2.96. The average Bonchev–Trinajstić information content (AvgIpc) is 2.08. The van der Waals surface area contributed by atoms with Crippen LogP contribution in [0.5, 0.6) is 11.5 Å². The molecule has 0 fully saturated rings. The summed E-state index contributed by atoms with van der Waals surface area (Å²) in [4.78, 5) is 0. The van der Waals surface area contributed by atoms with Crippen molar-refractivity contribution < 1.29 is 9.47 Å². The Bertz CT molecular complexity index is 284. The molecular formula is C10H13BrO2. The smallest absolute Gasteiger partial charge is 0.134 e. The Labute approximate surface area is 87.0 Å². The number of hydrogen-bond donors (Lipinski definition) is 0. The molecule has 13 heavy (non-hydrogen) atoms. The van der Waals surface area contributed by atoms with Crippen molar-refractivity contribution in [3.05, 3.63) is 22.7 Å². The van der Waals surface area contributed by atoms with Crippen LogP contribution in [0.3, 0.4) is 0 Å². The molecule has 0 aromatic heterocycles. The van der Waals surface area contributed by atoms with Gasteiger partial charge in [-0.25, -0.2) is 0 Å². The molecule has 0 radical (unpaired) electrons. The molecule has 0 bridgehead atoms. The van der Waals surface area contributed by atoms with E-state index in [4.69, 9.17) is 9.47 Å². The molecule has 0 aliphatic heterocycles. The number of hydrogen-bond acceptors (Lipinski definition) is 2. The first-order valence-corrected chi connectivity index (χ1v) is 4.93. The fraction of sp³-hybridized carbons (Fsp3) is 0.400. The molecule has 0 heterocycles. The second kappa shape index (κ2) is 4.51. The van der Waals surface area contributed by atoms with Gasteiger partial charge in [-0.15, -0.1) is 0 Å². The Morgan fingerprint density at radius 1 is 1.31 bits per heavy atom. The van der Waals surface area contributed by atoms with E-state index in [1.165, 1.54) is 0 Å². The van der Waals surface area contributed by atoms with Crippen molar-refractivity contribution in [1.82, 2.24) is 0 Å². The molecule has 2 nitrogen and oxygen atoms in total. The average molecular weight is 245 g/mol. The van der Waals surface area contributed by atoms with Gasteiger partial charge in [-0.2, -0.15) is 0 Å². The third-order valence-electron chi connectivity index (χ3n) is 1.50. The third-order valence-corrected chi connectivity index (χ3v) is 2.12. The van der Waals surface area contributed by atoms with E-state index in [1.54, 1.807) is 7.11 Å². The largest absolute Gasteiger partial charge is 0.497 e. The molecule has 0 aliphatic rings. The molecule has 0 N–H and O–H groups in total. The third kappa shape index (κ3) is 2.92. The number of benzene rings is 1. The summed E-state index contributed by atoms with van der Waals surface area (Å²) in [6, 6.07) is 5.66. The Kier molecular flexibility index (Phi) is 3.60. The molecule has 0 aliphatic carbocycles. The van der Waals surface area contributed by atoms with Crippen molar-refractivity contribution in [1.29, 1.82) is 0 Å². The van der Waals surface area contributed by atoms with Gasteiger partial charge >= 0.3 is 0 Å². The summed E-state index contributed by atoms with van der Waals surface area (Å²) in [6.07, 6.45) is 0.185. The van der Waals surface area contributed by atoms with Crippen LogP contribution in [0, 0.1) is 0 Å². The monoisotopic (exact) mass is 244 g/mol. The summed E-state index contributed by atoms with van der Waals surface area (Å²) in [6.45, 7) is 3.99. The van der Waals surface area contributed by atoms with Gasteiger partial charge in [0.2, 0.25) is 0 Å². The van der Waals surface area contributed by atoms with Gasteiger partial charge in [0, 0.05) is 0 Å². The van der Waals surface area contributed by atoms with Gasteiger partial charge in [-0.1, -0.05) is 0 Å². The molecule has 3 heteroatoms. The van der Waals surface area contributed by atoms with E-state index in [2.05, 4.69) is 15.9 Å². The number of methoxy groups -OCH3 is 1. The van der Waals surface area contributed by atoms with Crippen LogP contribution >= 0.6 is 15.9 Å². The van der Waals surface area contributed by atoms with Crippen LogP contribution in [0.4, 0.5) is 0 Å². The van der Waals surface area contributed by atoms with E-state index in [9.17, 15) is 0 Å². The quantitative estimate of drug-likeness (QED) is 0.813. The van der Waals surface area contributed by atoms with Gasteiger partial charge < -0.3 is 9.47 Å². The maximum Gasteiger partial charge on any atom is 0.134 e. The molecular weight excluding hydrogens is 232 g/mol. The molecule has 0 amide bonds. The number of rotatable bonds is 3. The van der Waals surface area contributed by atoms with Crippen LogP contribution in [0.2, 0.25) is 0 Å². The summed E-state index contributed by atoms with van der Waals surface area (Å²) >= 11 is 3.41. The zero-order valence-corrected chi connectivity index (χ0v) is 9.59. The Morgan fingerprint density at radius 2 is 2.00 bits per heavy atom. The summed E-state index contributed by atoms with van der Waals surface area (Å²) in [5, 5.41) is 0. The topological polar surface area (TPSA) is 18.5 Å². The minimum Gasteiger partial charge on any atom is -0.497 e. The maximum absolute atomic E-state index is 5.54. The Morgan fingerprint density at radius 3 is 2.46 bits per heavy atom. The van der Waals surface area contributed by atoms with Crippen molar-refractivity contribution >= 4 is 15.9 Å². The van der Waals surface area contributed by atoms with Crippen LogP contribution in [-0.4, -0.2) is 13.2 Å². The van der Waals surface area contributed by atoms with Gasteiger partial charge in [0.05, 0.1) is 17.7 Å².